The lowest BCUT2D eigenvalue weighted by atomic mass is 10.4. The molecule has 1 aromatic heterocycles. The summed E-state index contributed by atoms with van der Waals surface area (Å²) in [4.78, 5) is 1.30. The minimum absolute atomic E-state index is 0.305. The van der Waals surface area contributed by atoms with Crippen molar-refractivity contribution in [3.05, 3.63) is 14.7 Å². The average Bonchev–Trinajstić information content (AvgIpc) is 3.17. The van der Waals surface area contributed by atoms with E-state index in [0.717, 1.165) is 18.0 Å². The van der Waals surface area contributed by atoms with Gasteiger partial charge in [0.15, 0.2) is 0 Å². The van der Waals surface area contributed by atoms with Gasteiger partial charge in [0.1, 0.15) is 4.90 Å². The highest BCUT2D eigenvalue weighted by atomic mass is 79.9. The maximum atomic E-state index is 12.2. The quantitative estimate of drug-likeness (QED) is 0.595. The number of sulfonamides is 1. The van der Waals surface area contributed by atoms with Gasteiger partial charge in [-0.2, -0.15) is 0 Å². The number of nitrogens with one attached hydrogen (secondary N) is 2. The van der Waals surface area contributed by atoms with Crippen LogP contribution in [0.1, 0.15) is 24.6 Å². The summed E-state index contributed by atoms with van der Waals surface area (Å²) in [6.07, 6.45) is 2.48. The number of hydrogen-bond donors (Lipinski definition) is 2. The van der Waals surface area contributed by atoms with Crippen LogP contribution in [0.15, 0.2) is 14.7 Å². The van der Waals surface area contributed by atoms with Crippen molar-refractivity contribution in [1.82, 2.24) is 10.0 Å². The molecule has 1 aliphatic rings. The molecular formula is C13H21BrN2O3S2. The summed E-state index contributed by atoms with van der Waals surface area (Å²) < 4.78 is 33.1. The highest BCUT2D eigenvalue weighted by Crippen LogP contribution is 2.31. The Balaban J connectivity index is 1.83. The Labute approximate surface area is 138 Å². The lowest BCUT2D eigenvalue weighted by molar-refractivity contribution is 0.129. The lowest BCUT2D eigenvalue weighted by Crippen LogP contribution is -2.27. The van der Waals surface area contributed by atoms with Gasteiger partial charge < -0.3 is 10.1 Å². The average molecular weight is 397 g/mol. The molecule has 0 bridgehead atoms. The third-order valence-electron chi connectivity index (χ3n) is 3.13. The molecule has 2 rings (SSSR count). The third-order valence-corrected chi connectivity index (χ3v) is 6.85. The topological polar surface area (TPSA) is 67.4 Å². The third kappa shape index (κ3) is 5.61. The molecule has 1 heterocycles. The molecule has 0 radical (unpaired) electrons. The normalized spacial score (nSPS) is 15.5. The highest BCUT2D eigenvalue weighted by Gasteiger charge is 2.22. The Hall–Kier alpha value is 0.01000. The Morgan fingerprint density at radius 1 is 1.48 bits per heavy atom. The SMILES string of the molecule is CCNCc1cc(S(=O)(=O)NCCOCC2CC2)c(Br)s1. The fourth-order valence-corrected chi connectivity index (χ4v) is 5.44. The first-order chi connectivity index (χ1) is 10.0. The Morgan fingerprint density at radius 3 is 2.90 bits per heavy atom. The maximum Gasteiger partial charge on any atom is 0.242 e. The molecule has 8 heteroatoms. The van der Waals surface area contributed by atoms with E-state index in [0.29, 0.717) is 34.3 Å². The maximum absolute atomic E-state index is 12.2. The molecular weight excluding hydrogens is 376 g/mol. The van der Waals surface area contributed by atoms with E-state index in [2.05, 4.69) is 26.0 Å². The summed E-state index contributed by atoms with van der Waals surface area (Å²) >= 11 is 4.78. The van der Waals surface area contributed by atoms with Crippen LogP contribution >= 0.6 is 27.3 Å². The van der Waals surface area contributed by atoms with Crippen molar-refractivity contribution in [2.24, 2.45) is 5.92 Å². The molecule has 21 heavy (non-hydrogen) atoms. The number of ether oxygens (including phenoxy) is 1. The predicted molar refractivity (Wildman–Crippen MR) is 88.1 cm³/mol. The van der Waals surface area contributed by atoms with E-state index in [4.69, 9.17) is 4.74 Å². The van der Waals surface area contributed by atoms with E-state index in [1.807, 2.05) is 6.92 Å². The zero-order chi connectivity index (χ0) is 15.3. The largest absolute Gasteiger partial charge is 0.380 e. The van der Waals surface area contributed by atoms with Gasteiger partial charge in [-0.25, -0.2) is 13.1 Å². The first kappa shape index (κ1) is 17.4. The van der Waals surface area contributed by atoms with Crippen LogP contribution in [-0.4, -0.2) is 34.7 Å². The van der Waals surface area contributed by atoms with Gasteiger partial charge in [-0.15, -0.1) is 11.3 Å². The fourth-order valence-electron chi connectivity index (χ4n) is 1.78. The van der Waals surface area contributed by atoms with Crippen molar-refractivity contribution < 1.29 is 13.2 Å². The number of halogens is 1. The zero-order valence-corrected chi connectivity index (χ0v) is 15.2. The Morgan fingerprint density at radius 2 is 2.24 bits per heavy atom. The van der Waals surface area contributed by atoms with E-state index in [1.54, 1.807) is 6.07 Å². The number of thiophene rings is 1. The van der Waals surface area contributed by atoms with Gasteiger partial charge >= 0.3 is 0 Å². The molecule has 0 spiro atoms. The van der Waals surface area contributed by atoms with E-state index in [-0.39, 0.29) is 0 Å². The standard InChI is InChI=1S/C13H21BrN2O3S2/c1-2-15-8-11-7-12(13(14)20-11)21(17,18)16-5-6-19-9-10-3-4-10/h7,10,15-16H,2-6,8-9H2,1H3. The van der Waals surface area contributed by atoms with Crippen molar-refractivity contribution in [2.75, 3.05) is 26.3 Å². The molecule has 0 aliphatic heterocycles. The second-order valence-corrected chi connectivity index (χ2v) is 9.24. The van der Waals surface area contributed by atoms with E-state index >= 15 is 0 Å². The molecule has 1 saturated carbocycles. The van der Waals surface area contributed by atoms with Crippen molar-refractivity contribution in [3.63, 3.8) is 0 Å². The van der Waals surface area contributed by atoms with Crippen molar-refractivity contribution >= 4 is 37.3 Å². The summed E-state index contributed by atoms with van der Waals surface area (Å²) in [5.74, 6) is 0.696. The summed E-state index contributed by atoms with van der Waals surface area (Å²) in [5, 5.41) is 3.19. The molecule has 1 aromatic rings. The summed E-state index contributed by atoms with van der Waals surface area (Å²) in [7, 11) is -3.47. The minimum atomic E-state index is -3.47. The molecule has 0 unspecified atom stereocenters. The zero-order valence-electron chi connectivity index (χ0n) is 12.0. The number of rotatable bonds is 10. The van der Waals surface area contributed by atoms with Gasteiger partial charge in [-0.3, -0.25) is 0 Å². The van der Waals surface area contributed by atoms with Crippen molar-refractivity contribution in [1.29, 1.82) is 0 Å². The molecule has 5 nitrogen and oxygen atoms in total. The first-order valence-electron chi connectivity index (χ1n) is 7.09. The predicted octanol–water partition coefficient (Wildman–Crippen LogP) is 2.33. The van der Waals surface area contributed by atoms with Gasteiger partial charge in [-0.1, -0.05) is 6.92 Å². The van der Waals surface area contributed by atoms with Crippen molar-refractivity contribution in [2.45, 2.75) is 31.2 Å². The molecule has 2 N–H and O–H groups in total. The minimum Gasteiger partial charge on any atom is -0.380 e. The smallest absolute Gasteiger partial charge is 0.242 e. The van der Waals surface area contributed by atoms with E-state index in [9.17, 15) is 8.42 Å². The van der Waals surface area contributed by atoms with Crippen LogP contribution < -0.4 is 10.0 Å². The van der Waals surface area contributed by atoms with Gasteiger partial charge in [-0.05, 0) is 47.3 Å². The van der Waals surface area contributed by atoms with Gasteiger partial charge in [0, 0.05) is 24.6 Å². The van der Waals surface area contributed by atoms with Gasteiger partial charge in [0.25, 0.3) is 0 Å². The van der Waals surface area contributed by atoms with Crippen LogP contribution in [-0.2, 0) is 21.3 Å². The molecule has 1 aliphatic carbocycles. The molecule has 0 amide bonds. The summed E-state index contributed by atoms with van der Waals surface area (Å²) in [5.41, 5.74) is 0. The van der Waals surface area contributed by atoms with Crippen LogP contribution in [0.4, 0.5) is 0 Å². The second-order valence-electron chi connectivity index (χ2n) is 5.05. The number of hydrogen-bond acceptors (Lipinski definition) is 5. The van der Waals surface area contributed by atoms with E-state index < -0.39 is 10.0 Å². The molecule has 0 atom stereocenters. The Bertz CT molecular complexity index is 556. The first-order valence-corrected chi connectivity index (χ1v) is 10.2. The van der Waals surface area contributed by atoms with Gasteiger partial charge in [0.2, 0.25) is 10.0 Å². The monoisotopic (exact) mass is 396 g/mol. The summed E-state index contributed by atoms with van der Waals surface area (Å²) in [6.45, 7) is 5.02. The van der Waals surface area contributed by atoms with Crippen LogP contribution in [0.25, 0.3) is 0 Å². The van der Waals surface area contributed by atoms with Crippen LogP contribution in [0.3, 0.4) is 0 Å². The molecule has 120 valence electrons. The second kappa shape index (κ2) is 8.03. The summed E-state index contributed by atoms with van der Waals surface area (Å²) in [6, 6.07) is 1.71. The highest BCUT2D eigenvalue weighted by molar-refractivity contribution is 9.11. The van der Waals surface area contributed by atoms with Crippen LogP contribution in [0, 0.1) is 5.92 Å². The fraction of sp³-hybridized carbons (Fsp3) is 0.692. The lowest BCUT2D eigenvalue weighted by Gasteiger charge is -2.06. The van der Waals surface area contributed by atoms with Crippen LogP contribution in [0.2, 0.25) is 0 Å². The molecule has 0 saturated heterocycles. The molecule has 0 aromatic carbocycles. The molecule has 1 fully saturated rings. The van der Waals surface area contributed by atoms with Gasteiger partial charge in [0.05, 0.1) is 10.4 Å². The van der Waals surface area contributed by atoms with Crippen molar-refractivity contribution in [3.8, 4) is 0 Å². The Kier molecular flexibility index (Phi) is 6.64. The van der Waals surface area contributed by atoms with E-state index in [1.165, 1.54) is 24.2 Å². The van der Waals surface area contributed by atoms with Crippen LogP contribution in [0.5, 0.6) is 0 Å².